The van der Waals surface area contributed by atoms with Gasteiger partial charge in [-0.1, -0.05) is 48.5 Å². The lowest BCUT2D eigenvalue weighted by Crippen LogP contribution is -2.35. The van der Waals surface area contributed by atoms with Crippen LogP contribution >= 0.6 is 0 Å². The van der Waals surface area contributed by atoms with Crippen LogP contribution < -0.4 is 4.90 Å². The number of carboxylic acids is 1. The molecule has 3 aromatic carbocycles. The molecule has 3 aliphatic rings. The number of phenols is 1. The second-order valence-corrected chi connectivity index (χ2v) is 12.0. The monoisotopic (exact) mass is 536 g/mol. The molecule has 0 radical (unpaired) electrons. The van der Waals surface area contributed by atoms with Gasteiger partial charge >= 0.3 is 5.97 Å². The fourth-order valence-corrected chi connectivity index (χ4v) is 7.42. The number of aliphatic carboxylic acids is 1. The molecule has 1 spiro atoms. The summed E-state index contributed by atoms with van der Waals surface area (Å²) in [6.45, 7) is 4.11. The summed E-state index contributed by atoms with van der Waals surface area (Å²) < 4.78 is 0. The number of aryl methyl sites for hydroxylation is 1. The van der Waals surface area contributed by atoms with Gasteiger partial charge in [-0.15, -0.1) is 0 Å². The Hall–Kier alpha value is -3.57. The molecule has 5 heteroatoms. The Morgan fingerprint density at radius 2 is 1.55 bits per heavy atom. The van der Waals surface area contributed by atoms with E-state index in [-0.39, 0.29) is 6.54 Å². The van der Waals surface area contributed by atoms with E-state index in [9.17, 15) is 15.0 Å². The Morgan fingerprint density at radius 3 is 2.27 bits per heavy atom. The molecule has 0 amide bonds. The van der Waals surface area contributed by atoms with Gasteiger partial charge in [-0.3, -0.25) is 9.69 Å². The number of benzene rings is 3. The highest BCUT2D eigenvalue weighted by atomic mass is 16.4. The van der Waals surface area contributed by atoms with E-state index >= 15 is 0 Å². The number of anilines is 1. The lowest BCUT2D eigenvalue weighted by molar-refractivity contribution is -0.138. The smallest absolute Gasteiger partial charge is 0.317 e. The fraction of sp³-hybridized carbons (Fsp3) is 0.400. The lowest BCUT2D eigenvalue weighted by Gasteiger charge is -2.35. The van der Waals surface area contributed by atoms with Crippen LogP contribution in [0.1, 0.15) is 67.2 Å². The van der Waals surface area contributed by atoms with Gasteiger partial charge in [-0.05, 0) is 121 Å². The molecule has 0 bridgehead atoms. The van der Waals surface area contributed by atoms with Crippen LogP contribution in [0.4, 0.5) is 5.69 Å². The summed E-state index contributed by atoms with van der Waals surface area (Å²) in [6, 6.07) is 25.8. The maximum absolute atomic E-state index is 11.2. The highest BCUT2D eigenvalue weighted by molar-refractivity contribution is 6.00. The van der Waals surface area contributed by atoms with Crippen LogP contribution in [0, 0.1) is 5.41 Å². The van der Waals surface area contributed by atoms with E-state index in [0.717, 1.165) is 64.7 Å². The molecular formula is C35H40N2O3. The van der Waals surface area contributed by atoms with E-state index in [1.807, 2.05) is 12.1 Å². The Bertz CT molecular complexity index is 1370. The van der Waals surface area contributed by atoms with Crippen molar-refractivity contribution in [1.29, 1.82) is 0 Å². The first kappa shape index (κ1) is 26.6. The summed E-state index contributed by atoms with van der Waals surface area (Å²) in [5.41, 5.74) is 9.19. The normalized spacial score (nSPS) is 19.6. The predicted molar refractivity (Wildman–Crippen MR) is 162 cm³/mol. The van der Waals surface area contributed by atoms with E-state index in [4.69, 9.17) is 0 Å². The molecule has 2 heterocycles. The zero-order valence-electron chi connectivity index (χ0n) is 23.3. The number of aromatic hydroxyl groups is 1. The van der Waals surface area contributed by atoms with Gasteiger partial charge in [0.2, 0.25) is 0 Å². The second-order valence-electron chi connectivity index (χ2n) is 12.0. The number of hydrogen-bond acceptors (Lipinski definition) is 4. The van der Waals surface area contributed by atoms with Gasteiger partial charge in [-0.25, -0.2) is 0 Å². The third-order valence-electron chi connectivity index (χ3n) is 9.32. The number of fused-ring (bicyclic) bond motifs is 1. The van der Waals surface area contributed by atoms with Gasteiger partial charge < -0.3 is 15.1 Å². The Balaban J connectivity index is 1.23. The van der Waals surface area contributed by atoms with Gasteiger partial charge in [0, 0.05) is 25.3 Å². The number of likely N-dealkylation sites (tertiary alicyclic amines) is 1. The molecular weight excluding hydrogens is 496 g/mol. The molecule has 2 aliphatic heterocycles. The molecule has 208 valence electrons. The zero-order valence-corrected chi connectivity index (χ0v) is 23.3. The Morgan fingerprint density at radius 1 is 0.800 bits per heavy atom. The highest BCUT2D eigenvalue weighted by Crippen LogP contribution is 2.43. The van der Waals surface area contributed by atoms with E-state index < -0.39 is 5.97 Å². The minimum atomic E-state index is -0.713. The summed E-state index contributed by atoms with van der Waals surface area (Å²) in [4.78, 5) is 15.9. The maximum atomic E-state index is 11.2. The van der Waals surface area contributed by atoms with Gasteiger partial charge in [0.25, 0.3) is 0 Å². The van der Waals surface area contributed by atoms with Crippen LogP contribution in [0.3, 0.4) is 0 Å². The van der Waals surface area contributed by atoms with E-state index in [2.05, 4.69) is 70.5 Å². The van der Waals surface area contributed by atoms with Crippen LogP contribution in [-0.4, -0.2) is 53.8 Å². The molecule has 0 atom stereocenters. The van der Waals surface area contributed by atoms with Gasteiger partial charge in [0.15, 0.2) is 0 Å². The van der Waals surface area contributed by atoms with Crippen molar-refractivity contribution in [2.75, 3.05) is 37.6 Å². The molecule has 3 aromatic rings. The third-order valence-corrected chi connectivity index (χ3v) is 9.32. The minimum Gasteiger partial charge on any atom is -0.508 e. The second kappa shape index (κ2) is 11.5. The van der Waals surface area contributed by atoms with Crippen molar-refractivity contribution in [3.8, 4) is 5.75 Å². The van der Waals surface area contributed by atoms with Crippen molar-refractivity contribution in [2.45, 2.75) is 51.4 Å². The summed E-state index contributed by atoms with van der Waals surface area (Å²) in [5.74, 6) is -0.377. The number of nitrogens with zero attached hydrogens (tertiary/aromatic N) is 2. The molecule has 6 rings (SSSR count). The quantitative estimate of drug-likeness (QED) is 0.374. The van der Waals surface area contributed by atoms with Crippen LogP contribution in [0.5, 0.6) is 5.75 Å². The van der Waals surface area contributed by atoms with Crippen LogP contribution in [0.25, 0.3) is 11.1 Å². The Kier molecular flexibility index (Phi) is 7.66. The standard InChI is InChI=1S/C35H40N2O3/c38-30-15-16-32-28(23-30)9-4-10-31(26-7-2-1-3-8-26)34(32)27-11-13-29(14-12-27)37-20-5-17-35(18-6-21-37)19-22-36(25-35)24-33(39)40/h1-3,7-8,11-16,23,38H,4-6,9-10,17-22,24-25H2,(H,39,40). The van der Waals surface area contributed by atoms with Gasteiger partial charge in [0.05, 0.1) is 6.54 Å². The van der Waals surface area contributed by atoms with E-state index in [0.29, 0.717) is 11.2 Å². The topological polar surface area (TPSA) is 64.0 Å². The van der Waals surface area contributed by atoms with Crippen LogP contribution in [0.15, 0.2) is 72.8 Å². The lowest BCUT2D eigenvalue weighted by atomic mass is 9.77. The molecule has 5 nitrogen and oxygen atoms in total. The van der Waals surface area contributed by atoms with E-state index in [1.165, 1.54) is 51.9 Å². The molecule has 1 aliphatic carbocycles. The minimum absolute atomic E-state index is 0.175. The SMILES string of the molecule is O=C(O)CN1CCC2(CCCN(c3ccc(C4=C(c5ccccc5)CCCc5cc(O)ccc54)cc3)CCC2)C1. The van der Waals surface area contributed by atoms with Crippen molar-refractivity contribution in [2.24, 2.45) is 5.41 Å². The first-order valence-corrected chi connectivity index (χ1v) is 14.9. The summed E-state index contributed by atoms with van der Waals surface area (Å²) in [5, 5.41) is 19.4. The van der Waals surface area contributed by atoms with E-state index in [1.54, 1.807) is 0 Å². The Labute approximate surface area is 237 Å². The number of carboxylic acid groups (broad SMARTS) is 1. The van der Waals surface area contributed by atoms with Crippen molar-refractivity contribution >= 4 is 22.8 Å². The molecule has 0 saturated carbocycles. The first-order valence-electron chi connectivity index (χ1n) is 14.9. The third kappa shape index (κ3) is 5.66. The van der Waals surface area contributed by atoms with Crippen molar-refractivity contribution in [3.05, 3.63) is 95.1 Å². The molecule has 0 unspecified atom stereocenters. The summed E-state index contributed by atoms with van der Waals surface area (Å²) in [7, 11) is 0. The molecule has 0 aromatic heterocycles. The number of phenolic OH excluding ortho intramolecular Hbond substituents is 1. The highest BCUT2D eigenvalue weighted by Gasteiger charge is 2.38. The van der Waals surface area contributed by atoms with Crippen molar-refractivity contribution in [1.82, 2.24) is 4.90 Å². The van der Waals surface area contributed by atoms with Crippen LogP contribution in [0.2, 0.25) is 0 Å². The molecule has 40 heavy (non-hydrogen) atoms. The average molecular weight is 537 g/mol. The number of carbonyl (C=O) groups is 1. The van der Waals surface area contributed by atoms with Crippen molar-refractivity contribution < 1.29 is 15.0 Å². The average Bonchev–Trinajstić information content (AvgIpc) is 3.23. The first-order chi connectivity index (χ1) is 19.5. The molecule has 2 N–H and O–H groups in total. The zero-order chi connectivity index (χ0) is 27.5. The van der Waals surface area contributed by atoms with Gasteiger partial charge in [0.1, 0.15) is 5.75 Å². The van der Waals surface area contributed by atoms with Gasteiger partial charge in [-0.2, -0.15) is 0 Å². The summed E-state index contributed by atoms with van der Waals surface area (Å²) in [6.07, 6.45) is 8.80. The maximum Gasteiger partial charge on any atom is 0.317 e. The largest absolute Gasteiger partial charge is 0.508 e. The number of allylic oxidation sites excluding steroid dienone is 1. The molecule has 2 fully saturated rings. The van der Waals surface area contributed by atoms with Crippen molar-refractivity contribution in [3.63, 3.8) is 0 Å². The number of hydrogen-bond donors (Lipinski definition) is 2. The fourth-order valence-electron chi connectivity index (χ4n) is 7.42. The molecule has 2 saturated heterocycles. The number of rotatable bonds is 5. The predicted octanol–water partition coefficient (Wildman–Crippen LogP) is 6.84. The summed E-state index contributed by atoms with van der Waals surface area (Å²) >= 11 is 0. The van der Waals surface area contributed by atoms with Crippen LogP contribution in [-0.2, 0) is 11.2 Å².